The minimum atomic E-state index is -0.396. The van der Waals surface area contributed by atoms with Crippen LogP contribution in [-0.2, 0) is 9.59 Å². The van der Waals surface area contributed by atoms with E-state index in [-0.39, 0.29) is 12.3 Å². The van der Waals surface area contributed by atoms with Crippen LogP contribution >= 0.6 is 0 Å². The molecule has 4 rings (SSSR count). The summed E-state index contributed by atoms with van der Waals surface area (Å²) in [6.07, 6.45) is 1.39. The van der Waals surface area contributed by atoms with Crippen LogP contribution in [0.25, 0.3) is 10.9 Å². The zero-order chi connectivity index (χ0) is 24.8. The standard InChI is InChI=1S/C27H25N3O5/c1-30(19-7-5-4-6-8-19)27(32)17-26(31)29-18-9-11-20(12-10-18)35-23-13-14-28-22-16-25(34-3)24(33-2)15-21(22)23/h4-16H,17H2,1-3H3,(H,29,31). The largest absolute Gasteiger partial charge is 0.493 e. The molecule has 0 aliphatic carbocycles. The van der Waals surface area contributed by atoms with Gasteiger partial charge < -0.3 is 24.4 Å². The monoisotopic (exact) mass is 471 g/mol. The molecule has 4 aromatic rings. The van der Waals surface area contributed by atoms with Crippen LogP contribution < -0.4 is 24.4 Å². The summed E-state index contributed by atoms with van der Waals surface area (Å²) in [4.78, 5) is 30.6. The molecule has 0 aliphatic rings. The number of benzene rings is 3. The van der Waals surface area contributed by atoms with Gasteiger partial charge in [0.2, 0.25) is 11.8 Å². The second-order valence-corrected chi connectivity index (χ2v) is 7.67. The van der Waals surface area contributed by atoms with Crippen LogP contribution in [-0.4, -0.2) is 38.1 Å². The van der Waals surface area contributed by atoms with Crippen LogP contribution in [0, 0.1) is 0 Å². The highest BCUT2D eigenvalue weighted by atomic mass is 16.5. The lowest BCUT2D eigenvalue weighted by Crippen LogP contribution is -2.30. The van der Waals surface area contributed by atoms with E-state index in [1.807, 2.05) is 36.4 Å². The molecule has 3 aromatic carbocycles. The smallest absolute Gasteiger partial charge is 0.236 e. The molecule has 8 heteroatoms. The van der Waals surface area contributed by atoms with Gasteiger partial charge in [-0.25, -0.2) is 0 Å². The maximum atomic E-state index is 12.4. The van der Waals surface area contributed by atoms with Gasteiger partial charge in [0.1, 0.15) is 17.9 Å². The molecule has 0 spiro atoms. The minimum Gasteiger partial charge on any atom is -0.493 e. The number of anilines is 2. The number of aromatic nitrogens is 1. The van der Waals surface area contributed by atoms with E-state index < -0.39 is 5.91 Å². The van der Waals surface area contributed by atoms with Crippen molar-refractivity contribution in [2.45, 2.75) is 6.42 Å². The number of rotatable bonds is 8. The van der Waals surface area contributed by atoms with Gasteiger partial charge in [-0.3, -0.25) is 14.6 Å². The molecule has 1 aromatic heterocycles. The fraction of sp³-hybridized carbons (Fsp3) is 0.148. The van der Waals surface area contributed by atoms with Crippen molar-refractivity contribution in [3.63, 3.8) is 0 Å². The van der Waals surface area contributed by atoms with Crippen molar-refractivity contribution >= 4 is 34.1 Å². The summed E-state index contributed by atoms with van der Waals surface area (Å²) in [6.45, 7) is 0. The highest BCUT2D eigenvalue weighted by molar-refractivity contribution is 6.08. The van der Waals surface area contributed by atoms with Gasteiger partial charge in [-0.05, 0) is 48.5 Å². The quantitative estimate of drug-likeness (QED) is 0.362. The Kier molecular flexibility index (Phi) is 7.11. The van der Waals surface area contributed by atoms with Crippen molar-refractivity contribution < 1.29 is 23.8 Å². The molecule has 0 aliphatic heterocycles. The molecule has 0 bridgehead atoms. The third kappa shape index (κ3) is 5.50. The Morgan fingerprint density at radius 2 is 1.57 bits per heavy atom. The Balaban J connectivity index is 1.42. The van der Waals surface area contributed by atoms with Crippen LogP contribution in [0.1, 0.15) is 6.42 Å². The van der Waals surface area contributed by atoms with E-state index in [2.05, 4.69) is 10.3 Å². The molecule has 0 fully saturated rings. The van der Waals surface area contributed by atoms with Crippen molar-refractivity contribution in [3.05, 3.63) is 79.0 Å². The zero-order valence-electron chi connectivity index (χ0n) is 19.6. The lowest BCUT2D eigenvalue weighted by molar-refractivity contribution is -0.125. The van der Waals surface area contributed by atoms with Crippen LogP contribution in [0.2, 0.25) is 0 Å². The second-order valence-electron chi connectivity index (χ2n) is 7.67. The molecule has 0 radical (unpaired) electrons. The van der Waals surface area contributed by atoms with Crippen LogP contribution in [0.4, 0.5) is 11.4 Å². The normalized spacial score (nSPS) is 10.5. The van der Waals surface area contributed by atoms with Crippen LogP contribution in [0.5, 0.6) is 23.0 Å². The Labute approximate surface area is 203 Å². The van der Waals surface area contributed by atoms with Crippen molar-refractivity contribution in [1.82, 2.24) is 4.98 Å². The van der Waals surface area contributed by atoms with E-state index in [1.54, 1.807) is 63.9 Å². The number of amides is 2. The molecular weight excluding hydrogens is 446 g/mol. The van der Waals surface area contributed by atoms with Gasteiger partial charge in [0, 0.05) is 36.1 Å². The van der Waals surface area contributed by atoms with Crippen molar-refractivity contribution in [2.75, 3.05) is 31.5 Å². The molecule has 0 atom stereocenters. The van der Waals surface area contributed by atoms with Gasteiger partial charge >= 0.3 is 0 Å². The van der Waals surface area contributed by atoms with Crippen molar-refractivity contribution in [2.24, 2.45) is 0 Å². The first-order valence-corrected chi connectivity index (χ1v) is 10.9. The molecule has 0 unspecified atom stereocenters. The summed E-state index contributed by atoms with van der Waals surface area (Å²) in [5.74, 6) is 1.63. The second kappa shape index (κ2) is 10.6. The summed E-state index contributed by atoms with van der Waals surface area (Å²) in [7, 11) is 4.79. The van der Waals surface area contributed by atoms with Crippen LogP contribution in [0.15, 0.2) is 79.0 Å². The number of ether oxygens (including phenoxy) is 3. The summed E-state index contributed by atoms with van der Waals surface area (Å²) in [5.41, 5.74) is 1.99. The average Bonchev–Trinajstić information content (AvgIpc) is 2.89. The average molecular weight is 472 g/mol. The van der Waals surface area contributed by atoms with Gasteiger partial charge in [0.05, 0.1) is 19.7 Å². The number of carbonyl (C=O) groups excluding carboxylic acids is 2. The fourth-order valence-corrected chi connectivity index (χ4v) is 3.53. The maximum Gasteiger partial charge on any atom is 0.236 e. The third-order valence-corrected chi connectivity index (χ3v) is 5.40. The first kappa shape index (κ1) is 23.6. The molecule has 2 amide bonds. The molecule has 178 valence electrons. The lowest BCUT2D eigenvalue weighted by Gasteiger charge is -2.17. The topological polar surface area (TPSA) is 90.0 Å². The first-order chi connectivity index (χ1) is 17.0. The number of hydrogen-bond donors (Lipinski definition) is 1. The van der Waals surface area contributed by atoms with Gasteiger partial charge in [0.15, 0.2) is 11.5 Å². The summed E-state index contributed by atoms with van der Waals surface area (Å²) < 4.78 is 16.8. The molecule has 8 nitrogen and oxygen atoms in total. The number of fused-ring (bicyclic) bond motifs is 1. The van der Waals surface area contributed by atoms with E-state index in [0.717, 1.165) is 11.1 Å². The number of para-hydroxylation sites is 1. The zero-order valence-corrected chi connectivity index (χ0v) is 19.6. The van der Waals surface area contributed by atoms with Crippen molar-refractivity contribution in [1.29, 1.82) is 0 Å². The number of hydrogen-bond acceptors (Lipinski definition) is 6. The highest BCUT2D eigenvalue weighted by Crippen LogP contribution is 2.37. The minimum absolute atomic E-state index is 0.266. The van der Waals surface area contributed by atoms with Gasteiger partial charge in [0.25, 0.3) is 0 Å². The molecule has 0 saturated carbocycles. The number of pyridine rings is 1. The maximum absolute atomic E-state index is 12.4. The van der Waals surface area contributed by atoms with E-state index in [0.29, 0.717) is 34.2 Å². The van der Waals surface area contributed by atoms with E-state index >= 15 is 0 Å². The predicted molar refractivity (Wildman–Crippen MR) is 134 cm³/mol. The predicted octanol–water partition coefficient (Wildman–Crippen LogP) is 5.04. The summed E-state index contributed by atoms with van der Waals surface area (Å²) in [5, 5.41) is 3.51. The number of nitrogens with one attached hydrogen (secondary N) is 1. The van der Waals surface area contributed by atoms with Gasteiger partial charge in [-0.2, -0.15) is 0 Å². The van der Waals surface area contributed by atoms with Crippen molar-refractivity contribution in [3.8, 4) is 23.0 Å². The molecular formula is C27H25N3O5. The van der Waals surface area contributed by atoms with E-state index in [1.165, 1.54) is 4.90 Å². The number of nitrogens with zero attached hydrogens (tertiary/aromatic N) is 2. The number of methoxy groups -OCH3 is 2. The fourth-order valence-electron chi connectivity index (χ4n) is 3.53. The Hall–Kier alpha value is -4.59. The molecule has 1 heterocycles. The summed E-state index contributed by atoms with van der Waals surface area (Å²) >= 11 is 0. The SMILES string of the molecule is COc1cc2nccc(Oc3ccc(NC(=O)CC(=O)N(C)c4ccccc4)cc3)c2cc1OC. The Morgan fingerprint density at radius 1 is 0.886 bits per heavy atom. The van der Waals surface area contributed by atoms with E-state index in [9.17, 15) is 9.59 Å². The summed E-state index contributed by atoms with van der Waals surface area (Å²) in [6, 6.07) is 21.4. The first-order valence-electron chi connectivity index (χ1n) is 10.9. The molecule has 0 saturated heterocycles. The lowest BCUT2D eigenvalue weighted by atomic mass is 10.2. The Morgan fingerprint density at radius 3 is 2.26 bits per heavy atom. The Bertz CT molecular complexity index is 1340. The van der Waals surface area contributed by atoms with Gasteiger partial charge in [-0.1, -0.05) is 18.2 Å². The number of carbonyl (C=O) groups is 2. The molecule has 35 heavy (non-hydrogen) atoms. The molecule has 1 N–H and O–H groups in total. The third-order valence-electron chi connectivity index (χ3n) is 5.40. The van der Waals surface area contributed by atoms with Crippen LogP contribution in [0.3, 0.4) is 0 Å². The van der Waals surface area contributed by atoms with Gasteiger partial charge in [-0.15, -0.1) is 0 Å². The van der Waals surface area contributed by atoms with E-state index in [4.69, 9.17) is 14.2 Å². The highest BCUT2D eigenvalue weighted by Gasteiger charge is 2.16.